The molecule has 8 heteroatoms. The summed E-state index contributed by atoms with van der Waals surface area (Å²) in [7, 11) is -2.13. The largest absolute Gasteiger partial charge is 0.383 e. The zero-order valence-electron chi connectivity index (χ0n) is 16.2. The number of benzene rings is 2. The van der Waals surface area contributed by atoms with Crippen molar-refractivity contribution in [3.05, 3.63) is 64.7 Å². The van der Waals surface area contributed by atoms with Gasteiger partial charge in [-0.1, -0.05) is 37.6 Å². The summed E-state index contributed by atoms with van der Waals surface area (Å²) in [6.45, 7) is 4.94. The number of hydrogen-bond acceptors (Lipinski definition) is 4. The van der Waals surface area contributed by atoms with Crippen molar-refractivity contribution in [1.82, 2.24) is 10.0 Å². The molecule has 0 aliphatic carbocycles. The molecule has 0 saturated carbocycles. The Kier molecular flexibility index (Phi) is 7.60. The molecule has 0 aliphatic heterocycles. The van der Waals surface area contributed by atoms with Crippen LogP contribution in [0.3, 0.4) is 0 Å². The number of carbonyl (C=O) groups excluding carboxylic acids is 1. The van der Waals surface area contributed by atoms with Gasteiger partial charge in [0.05, 0.1) is 11.5 Å². The Labute approximate surface area is 171 Å². The Morgan fingerprint density at radius 2 is 1.68 bits per heavy atom. The number of rotatable bonds is 9. The average Bonchev–Trinajstić information content (AvgIpc) is 2.67. The summed E-state index contributed by atoms with van der Waals surface area (Å²) in [6.07, 6.45) is 0. The van der Waals surface area contributed by atoms with E-state index < -0.39 is 10.0 Å². The van der Waals surface area contributed by atoms with E-state index in [4.69, 9.17) is 16.3 Å². The van der Waals surface area contributed by atoms with Crippen LogP contribution in [0.4, 0.5) is 0 Å². The van der Waals surface area contributed by atoms with Gasteiger partial charge < -0.3 is 10.1 Å². The van der Waals surface area contributed by atoms with Crippen molar-refractivity contribution in [3.8, 4) is 0 Å². The molecule has 2 aromatic carbocycles. The Bertz CT molecular complexity index is 895. The van der Waals surface area contributed by atoms with Gasteiger partial charge in [-0.2, -0.15) is 0 Å². The highest BCUT2D eigenvalue weighted by molar-refractivity contribution is 7.89. The molecular weight excluding hydrogens is 400 g/mol. The van der Waals surface area contributed by atoms with Crippen LogP contribution in [0.15, 0.2) is 53.4 Å². The third-order valence-corrected chi connectivity index (χ3v) is 6.07. The van der Waals surface area contributed by atoms with Crippen molar-refractivity contribution in [3.63, 3.8) is 0 Å². The summed E-state index contributed by atoms with van der Waals surface area (Å²) < 4.78 is 31.6. The van der Waals surface area contributed by atoms with Crippen LogP contribution in [0, 0.1) is 0 Å². The number of methoxy groups -OCH3 is 1. The van der Waals surface area contributed by atoms with E-state index in [0.29, 0.717) is 17.1 Å². The van der Waals surface area contributed by atoms with E-state index in [1.807, 2.05) is 38.1 Å². The van der Waals surface area contributed by atoms with E-state index in [9.17, 15) is 13.2 Å². The quantitative estimate of drug-likeness (QED) is 0.606. The summed E-state index contributed by atoms with van der Waals surface area (Å²) in [4.78, 5) is 12.5. The highest BCUT2D eigenvalue weighted by atomic mass is 35.5. The van der Waals surface area contributed by atoms with E-state index in [-0.39, 0.29) is 29.4 Å². The summed E-state index contributed by atoms with van der Waals surface area (Å²) in [5, 5.41) is 3.56. The lowest BCUT2D eigenvalue weighted by Crippen LogP contribution is -2.36. The minimum Gasteiger partial charge on any atom is -0.383 e. The molecule has 0 radical (unpaired) electrons. The monoisotopic (exact) mass is 424 g/mol. The van der Waals surface area contributed by atoms with Crippen molar-refractivity contribution < 1.29 is 17.9 Å². The van der Waals surface area contributed by atoms with Gasteiger partial charge in [0.1, 0.15) is 0 Å². The van der Waals surface area contributed by atoms with E-state index in [1.54, 1.807) is 0 Å². The van der Waals surface area contributed by atoms with Gasteiger partial charge in [-0.3, -0.25) is 4.79 Å². The Balaban J connectivity index is 2.00. The van der Waals surface area contributed by atoms with Gasteiger partial charge in [0.15, 0.2) is 0 Å². The number of amides is 1. The van der Waals surface area contributed by atoms with Crippen LogP contribution in [0.2, 0.25) is 5.02 Å². The third kappa shape index (κ3) is 6.04. The maximum Gasteiger partial charge on any atom is 0.251 e. The van der Waals surface area contributed by atoms with Gasteiger partial charge in [-0.15, -0.1) is 0 Å². The predicted octanol–water partition coefficient (Wildman–Crippen LogP) is 2.97. The standard InChI is InChI=1S/C20H25ClN2O4S/c1-20(2,16-6-8-17(21)9-7-16)14-22-19(24)15-4-10-18(11-5-15)28(25,26)23-12-13-27-3/h4-11,23H,12-14H2,1-3H3,(H,22,24). The first-order valence-electron chi connectivity index (χ1n) is 8.79. The molecule has 0 heterocycles. The topological polar surface area (TPSA) is 84.5 Å². The lowest BCUT2D eigenvalue weighted by molar-refractivity contribution is 0.0945. The van der Waals surface area contributed by atoms with Gasteiger partial charge in [0.2, 0.25) is 10.0 Å². The average molecular weight is 425 g/mol. The summed E-state index contributed by atoms with van der Waals surface area (Å²) in [5.74, 6) is -0.265. The third-order valence-electron chi connectivity index (χ3n) is 4.34. The van der Waals surface area contributed by atoms with Crippen molar-refractivity contribution in [2.75, 3.05) is 26.8 Å². The number of halogens is 1. The molecule has 152 valence electrons. The number of ether oxygens (including phenoxy) is 1. The Morgan fingerprint density at radius 1 is 1.07 bits per heavy atom. The van der Waals surface area contributed by atoms with Gasteiger partial charge >= 0.3 is 0 Å². The number of nitrogens with one attached hydrogen (secondary N) is 2. The lowest BCUT2D eigenvalue weighted by atomic mass is 9.84. The van der Waals surface area contributed by atoms with Crippen molar-refractivity contribution in [1.29, 1.82) is 0 Å². The van der Waals surface area contributed by atoms with Gasteiger partial charge in [0.25, 0.3) is 5.91 Å². The molecule has 0 unspecified atom stereocenters. The van der Waals surface area contributed by atoms with Crippen LogP contribution in [0.5, 0.6) is 0 Å². The summed E-state index contributed by atoms with van der Waals surface area (Å²) >= 11 is 5.93. The zero-order valence-corrected chi connectivity index (χ0v) is 17.7. The molecule has 0 fully saturated rings. The number of hydrogen-bond donors (Lipinski definition) is 2. The molecule has 2 N–H and O–H groups in total. The highest BCUT2D eigenvalue weighted by Crippen LogP contribution is 2.24. The molecule has 1 amide bonds. The fourth-order valence-electron chi connectivity index (χ4n) is 2.55. The molecule has 0 aromatic heterocycles. The van der Waals surface area contributed by atoms with Crippen LogP contribution in [0.25, 0.3) is 0 Å². The molecule has 0 bridgehead atoms. The fourth-order valence-corrected chi connectivity index (χ4v) is 3.69. The summed E-state index contributed by atoms with van der Waals surface area (Å²) in [5.41, 5.74) is 1.16. The smallest absolute Gasteiger partial charge is 0.251 e. The molecule has 0 aliphatic rings. The van der Waals surface area contributed by atoms with Crippen LogP contribution in [0.1, 0.15) is 29.8 Å². The van der Waals surface area contributed by atoms with Gasteiger partial charge in [-0.25, -0.2) is 13.1 Å². The first kappa shape index (κ1) is 22.4. The van der Waals surface area contributed by atoms with Crippen LogP contribution < -0.4 is 10.0 Å². The van der Waals surface area contributed by atoms with Gasteiger partial charge in [-0.05, 0) is 42.0 Å². The molecule has 6 nitrogen and oxygen atoms in total. The molecule has 0 saturated heterocycles. The lowest BCUT2D eigenvalue weighted by Gasteiger charge is -2.25. The number of sulfonamides is 1. The van der Waals surface area contributed by atoms with E-state index >= 15 is 0 Å². The van der Waals surface area contributed by atoms with Gasteiger partial charge in [0, 0.05) is 36.2 Å². The SMILES string of the molecule is COCCNS(=O)(=O)c1ccc(C(=O)NCC(C)(C)c2ccc(Cl)cc2)cc1. The number of carbonyl (C=O) groups is 1. The Morgan fingerprint density at radius 3 is 2.25 bits per heavy atom. The molecule has 2 rings (SSSR count). The van der Waals surface area contributed by atoms with E-state index in [2.05, 4.69) is 10.0 Å². The maximum atomic E-state index is 12.4. The van der Waals surface area contributed by atoms with E-state index in [0.717, 1.165) is 5.56 Å². The zero-order chi connectivity index (χ0) is 20.8. The maximum absolute atomic E-state index is 12.4. The Hall–Kier alpha value is -1.93. The van der Waals surface area contributed by atoms with Crippen LogP contribution >= 0.6 is 11.6 Å². The second-order valence-corrected chi connectivity index (χ2v) is 9.19. The fraction of sp³-hybridized carbons (Fsp3) is 0.350. The van der Waals surface area contributed by atoms with Crippen LogP contribution in [-0.2, 0) is 20.2 Å². The normalized spacial score (nSPS) is 12.0. The van der Waals surface area contributed by atoms with Crippen molar-refractivity contribution >= 4 is 27.5 Å². The minimum atomic E-state index is -3.62. The minimum absolute atomic E-state index is 0.0987. The van der Waals surface area contributed by atoms with E-state index in [1.165, 1.54) is 31.4 Å². The molecule has 28 heavy (non-hydrogen) atoms. The van der Waals surface area contributed by atoms with Crippen LogP contribution in [-0.4, -0.2) is 41.1 Å². The first-order valence-corrected chi connectivity index (χ1v) is 10.6. The second kappa shape index (κ2) is 9.52. The molecule has 2 aromatic rings. The molecule has 0 spiro atoms. The van der Waals surface area contributed by atoms with Crippen molar-refractivity contribution in [2.24, 2.45) is 0 Å². The highest BCUT2D eigenvalue weighted by Gasteiger charge is 2.22. The first-order chi connectivity index (χ1) is 13.2. The van der Waals surface area contributed by atoms with Crippen molar-refractivity contribution in [2.45, 2.75) is 24.2 Å². The predicted molar refractivity (Wildman–Crippen MR) is 110 cm³/mol. The molecule has 0 atom stereocenters. The molecular formula is C20H25ClN2O4S. The summed E-state index contributed by atoms with van der Waals surface area (Å²) in [6, 6.07) is 13.3. The second-order valence-electron chi connectivity index (χ2n) is 6.99.